The summed E-state index contributed by atoms with van der Waals surface area (Å²) in [6, 6.07) is 4.02. The van der Waals surface area contributed by atoms with Crippen LogP contribution in [0.1, 0.15) is 87.7 Å². The number of halogens is 1. The van der Waals surface area contributed by atoms with E-state index in [9.17, 15) is 0 Å². The average Bonchev–Trinajstić information content (AvgIpc) is 3.18. The topological polar surface area (TPSA) is 32.8 Å². The third-order valence-electron chi connectivity index (χ3n) is 5.02. The van der Waals surface area contributed by atoms with Crippen molar-refractivity contribution in [3.8, 4) is 0 Å². The minimum atomic E-state index is 0. The van der Waals surface area contributed by atoms with Gasteiger partial charge in [0.25, 0.3) is 5.82 Å². The second kappa shape index (κ2) is 12.2. The number of aromatic amines is 1. The smallest absolute Gasteiger partial charge is 0.255 e. The molecule has 2 heterocycles. The highest BCUT2D eigenvalue weighted by Gasteiger charge is 2.19. The first kappa shape index (κ1) is 21.8. The van der Waals surface area contributed by atoms with Crippen LogP contribution in [0.4, 0.5) is 0 Å². The average molecular weight is 367 g/mol. The summed E-state index contributed by atoms with van der Waals surface area (Å²) in [5.41, 5.74) is 2.59. The van der Waals surface area contributed by atoms with Gasteiger partial charge < -0.3 is 16.8 Å². The molecule has 0 aliphatic rings. The molecule has 3 nitrogen and oxygen atoms in total. The summed E-state index contributed by atoms with van der Waals surface area (Å²) in [6.45, 7) is 7.46. The second-order valence-corrected chi connectivity index (χ2v) is 7.03. The van der Waals surface area contributed by atoms with E-state index in [-0.39, 0.29) is 12.4 Å². The van der Waals surface area contributed by atoms with Crippen molar-refractivity contribution in [1.82, 2.24) is 4.98 Å². The van der Waals surface area contributed by atoms with Crippen molar-refractivity contribution >= 4 is 0 Å². The molecule has 2 aromatic heterocycles. The largest absolute Gasteiger partial charge is 1.00 e. The van der Waals surface area contributed by atoms with E-state index in [0.29, 0.717) is 0 Å². The molecule has 0 aliphatic carbocycles. The first-order valence-corrected chi connectivity index (χ1v) is 9.82. The molecular weight excluding hydrogens is 332 g/mol. The molecule has 0 amide bonds. The Kier molecular flexibility index (Phi) is 10.6. The van der Waals surface area contributed by atoms with Gasteiger partial charge in [-0.15, -0.1) is 0 Å². The van der Waals surface area contributed by atoms with Crippen molar-refractivity contribution in [3.63, 3.8) is 0 Å². The Morgan fingerprint density at radius 1 is 0.960 bits per heavy atom. The molecule has 142 valence electrons. The van der Waals surface area contributed by atoms with Gasteiger partial charge in [-0.25, -0.2) is 9.55 Å². The number of unbranched alkanes of at least 4 members (excludes halogenated alkanes) is 8. The van der Waals surface area contributed by atoms with E-state index in [0.717, 1.165) is 18.7 Å². The monoisotopic (exact) mass is 366 g/mol. The highest BCUT2D eigenvalue weighted by atomic mass is 35.5. The Morgan fingerprint density at radius 2 is 1.60 bits per heavy atom. The van der Waals surface area contributed by atoms with Gasteiger partial charge >= 0.3 is 0 Å². The molecule has 2 aromatic rings. The van der Waals surface area contributed by atoms with E-state index in [1.54, 1.807) is 6.26 Å². The first-order chi connectivity index (χ1) is 11.7. The van der Waals surface area contributed by atoms with Gasteiger partial charge in [0.1, 0.15) is 23.7 Å². The van der Waals surface area contributed by atoms with Crippen LogP contribution in [0.5, 0.6) is 0 Å². The molecule has 1 N–H and O–H groups in total. The zero-order chi connectivity index (χ0) is 17.2. The number of hydrogen-bond donors (Lipinski definition) is 1. The maximum atomic E-state index is 5.52. The minimum Gasteiger partial charge on any atom is -1.00 e. The zero-order valence-electron chi connectivity index (χ0n) is 16.2. The van der Waals surface area contributed by atoms with Gasteiger partial charge in [0, 0.05) is 20.3 Å². The van der Waals surface area contributed by atoms with Crippen LogP contribution in [0.15, 0.2) is 22.8 Å². The van der Waals surface area contributed by atoms with Gasteiger partial charge in [0.2, 0.25) is 0 Å². The standard InChI is InChI=1S/C21H34N2O.ClH/c1-4-5-6-7-8-9-10-11-12-15-21-22-18(2)19(3)23(21)17-20-14-13-16-24-20;/h13-14,16H,4-12,15,17H2,1-3H3;1H. The summed E-state index contributed by atoms with van der Waals surface area (Å²) in [7, 11) is 0. The molecule has 0 unspecified atom stereocenters. The van der Waals surface area contributed by atoms with Crippen LogP contribution in [0.2, 0.25) is 0 Å². The molecule has 0 atom stereocenters. The maximum absolute atomic E-state index is 5.52. The van der Waals surface area contributed by atoms with Gasteiger partial charge in [-0.3, -0.25) is 0 Å². The molecule has 0 radical (unpaired) electrons. The predicted molar refractivity (Wildman–Crippen MR) is 99.2 cm³/mol. The number of H-pyrrole nitrogens is 1. The molecule has 0 fully saturated rings. The normalized spacial score (nSPS) is 10.8. The van der Waals surface area contributed by atoms with Gasteiger partial charge in [-0.1, -0.05) is 58.3 Å². The molecule has 2 rings (SSSR count). The third kappa shape index (κ3) is 7.27. The fourth-order valence-electron chi connectivity index (χ4n) is 3.35. The fraction of sp³-hybridized carbons (Fsp3) is 0.667. The Balaban J connectivity index is 0.00000312. The van der Waals surface area contributed by atoms with Crippen molar-refractivity contribution in [1.29, 1.82) is 0 Å². The number of aryl methyl sites for hydroxylation is 2. The molecule has 0 saturated heterocycles. The van der Waals surface area contributed by atoms with Crippen molar-refractivity contribution < 1.29 is 21.4 Å². The number of nitrogens with one attached hydrogen (secondary N) is 1. The molecule has 0 aromatic carbocycles. The first-order valence-electron chi connectivity index (χ1n) is 9.82. The van der Waals surface area contributed by atoms with Crippen LogP contribution in [0.25, 0.3) is 0 Å². The van der Waals surface area contributed by atoms with Crippen molar-refractivity contribution in [3.05, 3.63) is 41.4 Å². The molecule has 25 heavy (non-hydrogen) atoms. The summed E-state index contributed by atoms with van der Waals surface area (Å²) in [5, 5.41) is 0. The number of imidazole rings is 1. The van der Waals surface area contributed by atoms with Crippen LogP contribution in [0, 0.1) is 13.8 Å². The summed E-state index contributed by atoms with van der Waals surface area (Å²) in [6.07, 6.45) is 15.3. The van der Waals surface area contributed by atoms with Crippen LogP contribution in [-0.4, -0.2) is 4.98 Å². The Morgan fingerprint density at radius 3 is 2.20 bits per heavy atom. The van der Waals surface area contributed by atoms with Crippen LogP contribution < -0.4 is 17.0 Å². The van der Waals surface area contributed by atoms with Crippen molar-refractivity contribution in [2.75, 3.05) is 0 Å². The minimum absolute atomic E-state index is 0. The fourth-order valence-corrected chi connectivity index (χ4v) is 3.35. The van der Waals surface area contributed by atoms with Crippen molar-refractivity contribution in [2.45, 2.75) is 91.5 Å². The van der Waals surface area contributed by atoms with E-state index in [2.05, 4.69) is 36.4 Å². The summed E-state index contributed by atoms with van der Waals surface area (Å²) in [4.78, 5) is 3.57. The summed E-state index contributed by atoms with van der Waals surface area (Å²) >= 11 is 0. The Bertz CT molecular complexity index is 575. The molecule has 0 saturated carbocycles. The van der Waals surface area contributed by atoms with E-state index >= 15 is 0 Å². The zero-order valence-corrected chi connectivity index (χ0v) is 17.0. The SMILES string of the molecule is CCCCCCCCCCCc1[nH]c(C)c(C)[n+]1Cc1ccco1.[Cl-]. The van der Waals surface area contributed by atoms with E-state index in [1.165, 1.54) is 75.0 Å². The molecule has 0 aliphatic heterocycles. The lowest BCUT2D eigenvalue weighted by molar-refractivity contribution is -0.701. The maximum Gasteiger partial charge on any atom is 0.255 e. The van der Waals surface area contributed by atoms with Crippen LogP contribution in [0.3, 0.4) is 0 Å². The van der Waals surface area contributed by atoms with E-state index in [1.807, 2.05) is 6.07 Å². The highest BCUT2D eigenvalue weighted by Crippen LogP contribution is 2.12. The van der Waals surface area contributed by atoms with Crippen LogP contribution >= 0.6 is 0 Å². The number of nitrogens with zero attached hydrogens (tertiary/aromatic N) is 1. The lowest BCUT2D eigenvalue weighted by Crippen LogP contribution is -3.00. The number of furan rings is 1. The molecule has 0 bridgehead atoms. The lowest BCUT2D eigenvalue weighted by Gasteiger charge is -2.03. The van der Waals surface area contributed by atoms with Crippen LogP contribution in [-0.2, 0) is 13.0 Å². The van der Waals surface area contributed by atoms with E-state index in [4.69, 9.17) is 4.42 Å². The molecule has 0 spiro atoms. The summed E-state index contributed by atoms with van der Waals surface area (Å²) < 4.78 is 7.89. The van der Waals surface area contributed by atoms with Gasteiger partial charge in [-0.05, 0) is 18.6 Å². The van der Waals surface area contributed by atoms with Crippen molar-refractivity contribution in [2.24, 2.45) is 0 Å². The molecule has 4 heteroatoms. The number of rotatable bonds is 12. The third-order valence-corrected chi connectivity index (χ3v) is 5.02. The predicted octanol–water partition coefficient (Wildman–Crippen LogP) is 2.64. The van der Waals surface area contributed by atoms with Gasteiger partial charge in [0.05, 0.1) is 6.26 Å². The van der Waals surface area contributed by atoms with Gasteiger partial charge in [0.15, 0.2) is 0 Å². The number of hydrogen-bond acceptors (Lipinski definition) is 1. The number of aromatic nitrogens is 2. The van der Waals surface area contributed by atoms with Gasteiger partial charge in [-0.2, -0.15) is 0 Å². The van der Waals surface area contributed by atoms with E-state index < -0.39 is 0 Å². The Labute approximate surface area is 159 Å². The highest BCUT2D eigenvalue weighted by molar-refractivity contribution is 5.05. The molecular formula is C21H35ClN2O. The lowest BCUT2D eigenvalue weighted by atomic mass is 10.1. The Hall–Kier alpha value is -1.22. The quantitative estimate of drug-likeness (QED) is 0.454. The summed E-state index contributed by atoms with van der Waals surface area (Å²) in [5.74, 6) is 2.36. The second-order valence-electron chi connectivity index (χ2n) is 7.03.